The van der Waals surface area contributed by atoms with Gasteiger partial charge in [0.05, 0.1) is 16.8 Å². The number of halogens is 2. The topological polar surface area (TPSA) is 93.5 Å². The van der Waals surface area contributed by atoms with Crippen LogP contribution in [0.15, 0.2) is 33.1 Å². The van der Waals surface area contributed by atoms with Crippen molar-refractivity contribution >= 4 is 15.9 Å². The van der Waals surface area contributed by atoms with Gasteiger partial charge in [0, 0.05) is 12.6 Å². The fourth-order valence-corrected chi connectivity index (χ4v) is 2.25. The van der Waals surface area contributed by atoms with Gasteiger partial charge in [-0.3, -0.25) is 14.3 Å². The molecular formula is C11H12BrFN2O5. The normalized spacial score (nSPS) is 27.2. The van der Waals surface area contributed by atoms with E-state index < -0.39 is 36.0 Å². The summed E-state index contributed by atoms with van der Waals surface area (Å²) in [5, 5.41) is 9.75. The number of nitrogens with zero attached hydrogens (tertiary/aromatic N) is 1. The van der Waals surface area contributed by atoms with Crippen LogP contribution in [0.5, 0.6) is 0 Å². The Bertz CT molecular complexity index is 616. The Morgan fingerprint density at radius 3 is 3.05 bits per heavy atom. The zero-order valence-electron chi connectivity index (χ0n) is 10.2. The number of ether oxygens (including phenoxy) is 2. The lowest BCUT2D eigenvalue weighted by Crippen LogP contribution is -2.34. The summed E-state index contributed by atoms with van der Waals surface area (Å²) in [7, 11) is 0. The number of rotatable bonds is 4. The average Bonchev–Trinajstić information content (AvgIpc) is 2.76. The quantitative estimate of drug-likeness (QED) is 0.767. The number of hydrogen-bond donors (Lipinski definition) is 2. The Labute approximate surface area is 120 Å². The molecule has 1 aliphatic rings. The first kappa shape index (κ1) is 14.9. The molecule has 2 N–H and O–H groups in total. The largest absolute Gasteiger partial charge is 0.466 e. The van der Waals surface area contributed by atoms with E-state index in [1.807, 2.05) is 0 Å². The van der Waals surface area contributed by atoms with Crippen molar-refractivity contribution in [2.45, 2.75) is 31.2 Å². The zero-order valence-corrected chi connectivity index (χ0v) is 11.7. The van der Waals surface area contributed by atoms with Crippen molar-refractivity contribution in [2.75, 3.05) is 0 Å². The fourth-order valence-electron chi connectivity index (χ4n) is 1.93. The molecule has 1 aliphatic heterocycles. The van der Waals surface area contributed by atoms with Gasteiger partial charge in [0.2, 0.25) is 0 Å². The lowest BCUT2D eigenvalue weighted by atomic mass is 10.2. The summed E-state index contributed by atoms with van der Waals surface area (Å²) >= 11 is 2.98. The highest BCUT2D eigenvalue weighted by atomic mass is 79.9. The van der Waals surface area contributed by atoms with Gasteiger partial charge in [-0.25, -0.2) is 4.79 Å². The number of nitrogens with one attached hydrogen (secondary N) is 1. The van der Waals surface area contributed by atoms with Crippen LogP contribution in [0, 0.1) is 0 Å². The first-order chi connectivity index (χ1) is 9.43. The minimum Gasteiger partial charge on any atom is -0.466 e. The molecule has 9 heteroatoms. The number of alkyl halides is 1. The molecule has 0 saturated carbocycles. The molecule has 1 aromatic heterocycles. The van der Waals surface area contributed by atoms with Crippen molar-refractivity contribution in [3.05, 3.63) is 44.3 Å². The summed E-state index contributed by atoms with van der Waals surface area (Å²) in [6.07, 6.45) is -3.07. The highest BCUT2D eigenvalue weighted by molar-refractivity contribution is 9.10. The zero-order chi connectivity index (χ0) is 14.9. The van der Waals surface area contributed by atoms with Gasteiger partial charge in [-0.1, -0.05) is 6.58 Å². The van der Waals surface area contributed by atoms with Gasteiger partial charge < -0.3 is 14.6 Å². The summed E-state index contributed by atoms with van der Waals surface area (Å²) < 4.78 is 24.5. The van der Waals surface area contributed by atoms with Crippen LogP contribution in [0.3, 0.4) is 0 Å². The fraction of sp³-hybridized carbons (Fsp3) is 0.455. The Morgan fingerprint density at radius 1 is 1.70 bits per heavy atom. The molecule has 0 bridgehead atoms. The second-order valence-corrected chi connectivity index (χ2v) is 5.01. The minimum absolute atomic E-state index is 0.00994. The standard InChI is InChI=1S/C11H12BrFN2O5/c1-2-19-9(13)8-6(16)3-7(20-8)15-4-5(12)10(17)14-11(15)18/h2,4,6-9,16H,1,3H2,(H,14,17,18)/t6-,7+,8-,9?/m0/s1. The lowest BCUT2D eigenvalue weighted by molar-refractivity contribution is -0.134. The van der Waals surface area contributed by atoms with E-state index in [0.29, 0.717) is 0 Å². The third-order valence-electron chi connectivity index (χ3n) is 2.86. The summed E-state index contributed by atoms with van der Waals surface area (Å²) in [6, 6.07) is 0. The first-order valence-corrected chi connectivity index (χ1v) is 6.48. The maximum absolute atomic E-state index is 13.6. The molecule has 1 unspecified atom stereocenters. The van der Waals surface area contributed by atoms with Crippen molar-refractivity contribution in [3.63, 3.8) is 0 Å². The number of aliphatic hydroxyl groups is 1. The van der Waals surface area contributed by atoms with Crippen LogP contribution in [0.2, 0.25) is 0 Å². The smallest absolute Gasteiger partial charge is 0.330 e. The van der Waals surface area contributed by atoms with E-state index in [2.05, 4.69) is 32.2 Å². The van der Waals surface area contributed by atoms with Gasteiger partial charge in [0.1, 0.15) is 6.23 Å². The molecule has 0 aliphatic carbocycles. The van der Waals surface area contributed by atoms with Gasteiger partial charge >= 0.3 is 5.69 Å². The third kappa shape index (κ3) is 2.84. The van der Waals surface area contributed by atoms with E-state index in [9.17, 15) is 19.1 Å². The van der Waals surface area contributed by atoms with Crippen LogP contribution in [-0.4, -0.2) is 33.2 Å². The van der Waals surface area contributed by atoms with E-state index in [0.717, 1.165) is 10.8 Å². The van der Waals surface area contributed by atoms with Crippen molar-refractivity contribution < 1.29 is 19.0 Å². The van der Waals surface area contributed by atoms with Crippen LogP contribution in [0.1, 0.15) is 12.6 Å². The third-order valence-corrected chi connectivity index (χ3v) is 3.42. The molecule has 0 aromatic carbocycles. The van der Waals surface area contributed by atoms with E-state index in [1.165, 1.54) is 6.20 Å². The maximum Gasteiger partial charge on any atom is 0.330 e. The summed E-state index contributed by atoms with van der Waals surface area (Å²) in [5.41, 5.74) is -1.30. The molecule has 2 heterocycles. The van der Waals surface area contributed by atoms with Gasteiger partial charge in [0.25, 0.3) is 11.9 Å². The maximum atomic E-state index is 13.6. The second-order valence-electron chi connectivity index (χ2n) is 4.16. The summed E-state index contributed by atoms with van der Waals surface area (Å²) in [6.45, 7) is 3.21. The van der Waals surface area contributed by atoms with E-state index in [4.69, 9.17) is 4.74 Å². The molecule has 1 saturated heterocycles. The SMILES string of the molecule is C=COC(F)[C@H]1O[C@@H](n2cc(Br)c(=O)[nH]c2=O)C[C@@H]1O. The Morgan fingerprint density at radius 2 is 2.40 bits per heavy atom. The molecule has 1 aromatic rings. The van der Waals surface area contributed by atoms with Gasteiger partial charge in [-0.05, 0) is 15.9 Å². The van der Waals surface area contributed by atoms with Crippen LogP contribution in [-0.2, 0) is 9.47 Å². The predicted octanol–water partition coefficient (Wildman–Crippen LogP) is 0.403. The lowest BCUT2D eigenvalue weighted by Gasteiger charge is -2.18. The van der Waals surface area contributed by atoms with Crippen molar-refractivity contribution in [2.24, 2.45) is 0 Å². The molecule has 7 nitrogen and oxygen atoms in total. The van der Waals surface area contributed by atoms with Crippen molar-refractivity contribution in [1.29, 1.82) is 0 Å². The van der Waals surface area contributed by atoms with E-state index in [1.54, 1.807) is 0 Å². The number of aliphatic hydroxyl groups excluding tert-OH is 1. The highest BCUT2D eigenvalue weighted by Crippen LogP contribution is 2.31. The number of H-pyrrole nitrogens is 1. The second kappa shape index (κ2) is 5.90. The number of aromatic amines is 1. The molecule has 0 radical (unpaired) electrons. The van der Waals surface area contributed by atoms with Crippen molar-refractivity contribution in [3.8, 4) is 0 Å². The van der Waals surface area contributed by atoms with Crippen molar-refractivity contribution in [1.82, 2.24) is 9.55 Å². The molecule has 110 valence electrons. The van der Waals surface area contributed by atoms with Crippen LogP contribution >= 0.6 is 15.9 Å². The Hall–Kier alpha value is -1.45. The summed E-state index contributed by atoms with van der Waals surface area (Å²) in [5.74, 6) is 0. The highest BCUT2D eigenvalue weighted by Gasteiger charge is 2.41. The van der Waals surface area contributed by atoms with E-state index in [-0.39, 0.29) is 10.9 Å². The van der Waals surface area contributed by atoms with E-state index >= 15 is 0 Å². The molecule has 2 rings (SSSR count). The molecule has 0 spiro atoms. The Balaban J connectivity index is 2.24. The monoisotopic (exact) mass is 350 g/mol. The Kier molecular flexibility index (Phi) is 4.41. The molecule has 0 amide bonds. The first-order valence-electron chi connectivity index (χ1n) is 5.69. The van der Waals surface area contributed by atoms with Crippen LogP contribution in [0.25, 0.3) is 0 Å². The molecule has 1 fully saturated rings. The molecule has 20 heavy (non-hydrogen) atoms. The van der Waals surface area contributed by atoms with Crippen LogP contribution < -0.4 is 11.2 Å². The number of hydrogen-bond acceptors (Lipinski definition) is 5. The van der Waals surface area contributed by atoms with Crippen LogP contribution in [0.4, 0.5) is 4.39 Å². The predicted molar refractivity (Wildman–Crippen MR) is 69.7 cm³/mol. The molecule has 4 atom stereocenters. The molecular weight excluding hydrogens is 339 g/mol. The average molecular weight is 351 g/mol. The van der Waals surface area contributed by atoms with Gasteiger partial charge in [-0.2, -0.15) is 4.39 Å². The van der Waals surface area contributed by atoms with Gasteiger partial charge in [-0.15, -0.1) is 0 Å². The minimum atomic E-state index is -1.89. The summed E-state index contributed by atoms with van der Waals surface area (Å²) in [4.78, 5) is 25.0. The number of aromatic nitrogens is 2. The van der Waals surface area contributed by atoms with Gasteiger partial charge in [0.15, 0.2) is 6.10 Å².